The molecule has 0 amide bonds. The molecule has 0 aliphatic carbocycles. The van der Waals surface area contributed by atoms with Gasteiger partial charge in [0.1, 0.15) is 5.58 Å². The molecular weight excluding hydrogens is 406 g/mol. The fourth-order valence-corrected chi connectivity index (χ4v) is 4.69. The van der Waals surface area contributed by atoms with Gasteiger partial charge in [0.05, 0.1) is 10.6 Å². The SMILES string of the molecule is Cc1c(C(=O)O)oc2ccc(S(=O)(=O)Nc3cccc(N4CCN(C)CC4)c3)cc12. The maximum Gasteiger partial charge on any atom is 0.372 e. The highest BCUT2D eigenvalue weighted by atomic mass is 32.2. The zero-order valence-electron chi connectivity index (χ0n) is 16.8. The van der Waals surface area contributed by atoms with Crippen LogP contribution in [0.1, 0.15) is 16.1 Å². The summed E-state index contributed by atoms with van der Waals surface area (Å²) in [5.41, 5.74) is 2.17. The standard InChI is InChI=1S/C21H23N3O5S/c1-14-18-13-17(6-7-19(18)29-20(14)21(25)26)30(27,28)22-15-4-3-5-16(12-15)24-10-8-23(2)9-11-24/h3-7,12-13,22H,8-11H2,1-2H3,(H,25,26). The predicted molar refractivity (Wildman–Crippen MR) is 115 cm³/mol. The minimum Gasteiger partial charge on any atom is -0.475 e. The number of likely N-dealkylation sites (N-methyl/N-ethyl adjacent to an activating group) is 1. The monoisotopic (exact) mass is 429 g/mol. The molecule has 0 saturated carbocycles. The highest BCUT2D eigenvalue weighted by Gasteiger charge is 2.21. The Bertz CT molecular complexity index is 1210. The fraction of sp³-hybridized carbons (Fsp3) is 0.286. The molecule has 0 unspecified atom stereocenters. The van der Waals surface area contributed by atoms with E-state index in [1.54, 1.807) is 13.0 Å². The van der Waals surface area contributed by atoms with E-state index in [0.717, 1.165) is 31.9 Å². The third-order valence-corrected chi connectivity index (χ3v) is 6.76. The summed E-state index contributed by atoms with van der Waals surface area (Å²) in [6.07, 6.45) is 0. The highest BCUT2D eigenvalue weighted by Crippen LogP contribution is 2.29. The molecule has 0 bridgehead atoms. The van der Waals surface area contributed by atoms with Gasteiger partial charge in [-0.05, 0) is 50.4 Å². The van der Waals surface area contributed by atoms with Gasteiger partial charge >= 0.3 is 5.97 Å². The van der Waals surface area contributed by atoms with E-state index in [-0.39, 0.29) is 10.7 Å². The molecule has 0 spiro atoms. The van der Waals surface area contributed by atoms with Crippen LogP contribution in [0.15, 0.2) is 51.8 Å². The number of piperazine rings is 1. The second kappa shape index (κ2) is 7.66. The van der Waals surface area contributed by atoms with E-state index >= 15 is 0 Å². The minimum atomic E-state index is -3.85. The molecule has 0 atom stereocenters. The Kier molecular flexibility index (Phi) is 5.17. The summed E-state index contributed by atoms with van der Waals surface area (Å²) < 4.78 is 33.8. The number of nitrogens with one attached hydrogen (secondary N) is 1. The smallest absolute Gasteiger partial charge is 0.372 e. The third-order valence-electron chi connectivity index (χ3n) is 5.38. The molecule has 30 heavy (non-hydrogen) atoms. The van der Waals surface area contributed by atoms with E-state index in [1.165, 1.54) is 18.2 Å². The molecule has 3 aromatic rings. The Hall–Kier alpha value is -3.04. The Morgan fingerprint density at radius 3 is 2.53 bits per heavy atom. The van der Waals surface area contributed by atoms with Crippen LogP contribution in [0, 0.1) is 6.92 Å². The van der Waals surface area contributed by atoms with E-state index in [2.05, 4.69) is 21.6 Å². The molecule has 1 aromatic heterocycles. The maximum atomic E-state index is 12.9. The number of aryl methyl sites for hydroxylation is 1. The number of hydrogen-bond acceptors (Lipinski definition) is 6. The van der Waals surface area contributed by atoms with Crippen molar-refractivity contribution in [2.75, 3.05) is 42.8 Å². The summed E-state index contributed by atoms with van der Waals surface area (Å²) in [5, 5.41) is 9.67. The topological polar surface area (TPSA) is 103 Å². The first-order valence-electron chi connectivity index (χ1n) is 9.57. The molecule has 1 aliphatic heterocycles. The zero-order valence-corrected chi connectivity index (χ0v) is 17.6. The van der Waals surface area contributed by atoms with Crippen LogP contribution in [0.4, 0.5) is 11.4 Å². The van der Waals surface area contributed by atoms with Crippen LogP contribution >= 0.6 is 0 Å². The number of aromatic carboxylic acids is 1. The normalized spacial score (nSPS) is 15.5. The lowest BCUT2D eigenvalue weighted by molar-refractivity contribution is 0.0664. The second-order valence-corrected chi connectivity index (χ2v) is 9.15. The van der Waals surface area contributed by atoms with Gasteiger partial charge in [-0.3, -0.25) is 4.72 Å². The number of rotatable bonds is 5. The molecule has 2 N–H and O–H groups in total. The Labute approximate surface area is 174 Å². The van der Waals surface area contributed by atoms with Crippen LogP contribution < -0.4 is 9.62 Å². The molecule has 1 saturated heterocycles. The van der Waals surface area contributed by atoms with E-state index in [9.17, 15) is 18.3 Å². The first-order valence-corrected chi connectivity index (χ1v) is 11.1. The summed E-state index contributed by atoms with van der Waals surface area (Å²) in [7, 11) is -1.77. The van der Waals surface area contributed by atoms with Crippen LogP contribution in [-0.2, 0) is 10.0 Å². The number of anilines is 2. The largest absolute Gasteiger partial charge is 0.475 e. The Morgan fingerprint density at radius 2 is 1.83 bits per heavy atom. The molecule has 2 aromatic carbocycles. The van der Waals surface area contributed by atoms with Crippen molar-refractivity contribution in [1.82, 2.24) is 4.90 Å². The number of fused-ring (bicyclic) bond motifs is 1. The molecule has 0 radical (unpaired) electrons. The molecule has 9 heteroatoms. The Morgan fingerprint density at radius 1 is 1.10 bits per heavy atom. The molecular formula is C21H23N3O5S. The van der Waals surface area contributed by atoms with Crippen LogP contribution in [-0.4, -0.2) is 57.6 Å². The van der Waals surface area contributed by atoms with Gasteiger partial charge in [0.2, 0.25) is 5.76 Å². The quantitative estimate of drug-likeness (QED) is 0.643. The van der Waals surface area contributed by atoms with E-state index in [0.29, 0.717) is 22.2 Å². The van der Waals surface area contributed by atoms with Crippen LogP contribution in [0.5, 0.6) is 0 Å². The van der Waals surface area contributed by atoms with Gasteiger partial charge in [-0.25, -0.2) is 13.2 Å². The average Bonchev–Trinajstić information content (AvgIpc) is 3.05. The number of carboxylic acids is 1. The van der Waals surface area contributed by atoms with E-state index < -0.39 is 16.0 Å². The number of benzene rings is 2. The van der Waals surface area contributed by atoms with Crippen LogP contribution in [0.25, 0.3) is 11.0 Å². The van der Waals surface area contributed by atoms with Gasteiger partial charge in [0.25, 0.3) is 10.0 Å². The molecule has 1 fully saturated rings. The number of nitrogens with zero attached hydrogens (tertiary/aromatic N) is 2. The molecule has 2 heterocycles. The number of furan rings is 1. The van der Waals surface area contributed by atoms with Crippen molar-refractivity contribution in [2.45, 2.75) is 11.8 Å². The minimum absolute atomic E-state index is 0.0424. The van der Waals surface area contributed by atoms with E-state index in [1.807, 2.05) is 18.2 Å². The highest BCUT2D eigenvalue weighted by molar-refractivity contribution is 7.92. The number of carboxylic acid groups (broad SMARTS) is 1. The van der Waals surface area contributed by atoms with Gasteiger partial charge in [-0.1, -0.05) is 6.07 Å². The zero-order chi connectivity index (χ0) is 21.5. The number of carbonyl (C=O) groups is 1. The lowest BCUT2D eigenvalue weighted by Gasteiger charge is -2.34. The first-order chi connectivity index (χ1) is 14.2. The molecule has 4 rings (SSSR count). The summed E-state index contributed by atoms with van der Waals surface area (Å²) in [6.45, 7) is 5.28. The number of hydrogen-bond donors (Lipinski definition) is 2. The summed E-state index contributed by atoms with van der Waals surface area (Å²) in [4.78, 5) is 15.8. The molecule has 1 aliphatic rings. The van der Waals surface area contributed by atoms with Gasteiger partial charge in [-0.2, -0.15) is 0 Å². The predicted octanol–water partition coefficient (Wildman–Crippen LogP) is 2.99. The van der Waals surface area contributed by atoms with Crippen molar-refractivity contribution in [1.29, 1.82) is 0 Å². The third kappa shape index (κ3) is 3.86. The van der Waals surface area contributed by atoms with Crippen molar-refractivity contribution in [3.05, 3.63) is 53.8 Å². The summed E-state index contributed by atoms with van der Waals surface area (Å²) in [5.74, 6) is -1.38. The summed E-state index contributed by atoms with van der Waals surface area (Å²) >= 11 is 0. The molecule has 158 valence electrons. The lowest BCUT2D eigenvalue weighted by atomic mass is 10.1. The van der Waals surface area contributed by atoms with Crippen molar-refractivity contribution < 1.29 is 22.7 Å². The van der Waals surface area contributed by atoms with Crippen molar-refractivity contribution >= 4 is 38.3 Å². The second-order valence-electron chi connectivity index (χ2n) is 7.47. The first kappa shape index (κ1) is 20.2. The Balaban J connectivity index is 1.61. The van der Waals surface area contributed by atoms with Gasteiger partial charge in [-0.15, -0.1) is 0 Å². The van der Waals surface area contributed by atoms with Crippen LogP contribution in [0.2, 0.25) is 0 Å². The number of sulfonamides is 1. The van der Waals surface area contributed by atoms with Crippen molar-refractivity contribution in [3.63, 3.8) is 0 Å². The fourth-order valence-electron chi connectivity index (χ4n) is 3.62. The lowest BCUT2D eigenvalue weighted by Crippen LogP contribution is -2.44. The molecule has 8 nitrogen and oxygen atoms in total. The van der Waals surface area contributed by atoms with Crippen molar-refractivity contribution in [3.8, 4) is 0 Å². The van der Waals surface area contributed by atoms with Gasteiger partial charge < -0.3 is 19.3 Å². The van der Waals surface area contributed by atoms with Crippen molar-refractivity contribution in [2.24, 2.45) is 0 Å². The van der Waals surface area contributed by atoms with Crippen LogP contribution in [0.3, 0.4) is 0 Å². The maximum absolute atomic E-state index is 12.9. The summed E-state index contributed by atoms with van der Waals surface area (Å²) in [6, 6.07) is 11.7. The van der Waals surface area contributed by atoms with Gasteiger partial charge in [0, 0.05) is 42.8 Å². The average molecular weight is 429 g/mol. The van der Waals surface area contributed by atoms with Gasteiger partial charge in [0.15, 0.2) is 0 Å². The van der Waals surface area contributed by atoms with E-state index in [4.69, 9.17) is 4.42 Å².